The van der Waals surface area contributed by atoms with Crippen molar-refractivity contribution in [3.63, 3.8) is 0 Å². The number of amides is 2. The number of hydrogen-bond donors (Lipinski definition) is 3. The van der Waals surface area contributed by atoms with Gasteiger partial charge >= 0.3 is 12.2 Å². The van der Waals surface area contributed by atoms with Gasteiger partial charge in [0.2, 0.25) is 0 Å². The summed E-state index contributed by atoms with van der Waals surface area (Å²) in [4.78, 5) is 42.3. The zero-order valence-corrected chi connectivity index (χ0v) is 27.5. The van der Waals surface area contributed by atoms with Crippen LogP contribution in [0.3, 0.4) is 0 Å². The highest BCUT2D eigenvalue weighted by Gasteiger charge is 2.20. The van der Waals surface area contributed by atoms with Crippen molar-refractivity contribution in [2.75, 3.05) is 6.54 Å². The van der Waals surface area contributed by atoms with Crippen LogP contribution in [0.4, 0.5) is 9.59 Å². The van der Waals surface area contributed by atoms with Crippen molar-refractivity contribution in [3.05, 3.63) is 108 Å². The number of aromatic amines is 2. The normalized spacial score (nSPS) is 11.9. The minimum atomic E-state index is -0.568. The third-order valence-corrected chi connectivity index (χ3v) is 7.39. The number of carbonyl (C=O) groups excluding carboxylic acids is 2. The van der Waals surface area contributed by atoms with E-state index in [1.165, 1.54) is 0 Å². The molecule has 0 saturated carbocycles. The number of ether oxygens (including phenoxy) is 2. The molecule has 1 atom stereocenters. The predicted octanol–water partition coefficient (Wildman–Crippen LogP) is 8.27. The van der Waals surface area contributed by atoms with Crippen molar-refractivity contribution in [1.82, 2.24) is 30.2 Å². The molecule has 3 aromatic carbocycles. The molecule has 0 radical (unpaired) electrons. The number of nitrogens with one attached hydrogen (secondary N) is 3. The van der Waals surface area contributed by atoms with Gasteiger partial charge in [0, 0.05) is 6.54 Å². The molecule has 10 heteroatoms. The number of hydrogen-bond acceptors (Lipinski definition) is 6. The summed E-state index contributed by atoms with van der Waals surface area (Å²) in [5.41, 5.74) is 6.26. The average molecular weight is 635 g/mol. The van der Waals surface area contributed by atoms with Gasteiger partial charge in [0.15, 0.2) is 0 Å². The minimum absolute atomic E-state index is 0.233. The van der Waals surface area contributed by atoms with E-state index in [1.54, 1.807) is 17.3 Å². The largest absolute Gasteiger partial charge is 0.445 e. The van der Waals surface area contributed by atoms with E-state index in [4.69, 9.17) is 9.47 Å². The Balaban J connectivity index is 1.18. The smallest absolute Gasteiger partial charge is 0.410 e. The maximum absolute atomic E-state index is 12.8. The fraction of sp³-hybridized carbons (Fsp3) is 0.297. The Kier molecular flexibility index (Phi) is 10.4. The first-order valence-electron chi connectivity index (χ1n) is 15.8. The summed E-state index contributed by atoms with van der Waals surface area (Å²) in [5.74, 6) is 1.34. The molecular formula is C37H42N6O4. The third-order valence-electron chi connectivity index (χ3n) is 7.39. The number of aromatic nitrogens is 4. The standard InChI is InChI=1S/C37H42N6O4/c1-6-20-43(36(45)46-24-26-10-8-7-9-11-26)23-33-38-21-31(41-33)29-16-12-27(13-17-29)28-14-18-30(19-15-28)32-22-39-34(42-32)25(2)40-35(44)47-37(3,4)5/h7-19,21-22,25H,6,20,23-24H2,1-5H3,(H,38,41)(H,39,42)(H,40,44). The van der Waals surface area contributed by atoms with E-state index >= 15 is 0 Å². The molecule has 0 fully saturated rings. The summed E-state index contributed by atoms with van der Waals surface area (Å²) in [6.45, 7) is 10.5. The molecule has 5 rings (SSSR count). The van der Waals surface area contributed by atoms with Crippen molar-refractivity contribution < 1.29 is 19.1 Å². The van der Waals surface area contributed by atoms with Crippen LogP contribution >= 0.6 is 0 Å². The van der Waals surface area contributed by atoms with Crippen LogP contribution in [0.15, 0.2) is 91.3 Å². The van der Waals surface area contributed by atoms with Crippen LogP contribution in [0.5, 0.6) is 0 Å². The van der Waals surface area contributed by atoms with Gasteiger partial charge < -0.3 is 29.7 Å². The Morgan fingerprint density at radius 2 is 1.40 bits per heavy atom. The molecule has 2 amide bonds. The van der Waals surface area contributed by atoms with E-state index in [-0.39, 0.29) is 18.7 Å². The minimum Gasteiger partial charge on any atom is -0.445 e. The SMILES string of the molecule is CCCN(Cc1ncc(-c2ccc(-c3ccc(-c4cnc(C(C)NC(=O)OC(C)(C)C)[nH]4)cc3)cc2)[nH]1)C(=O)OCc1ccccc1. The van der Waals surface area contributed by atoms with Crippen molar-refractivity contribution in [2.45, 2.75) is 65.8 Å². The van der Waals surface area contributed by atoms with E-state index in [0.717, 1.165) is 45.6 Å². The van der Waals surface area contributed by atoms with Gasteiger partial charge in [0.05, 0.1) is 36.4 Å². The summed E-state index contributed by atoms with van der Waals surface area (Å²) in [6.07, 6.45) is 3.52. The Morgan fingerprint density at radius 3 is 2.00 bits per heavy atom. The molecule has 3 N–H and O–H groups in total. The molecule has 0 aliphatic heterocycles. The van der Waals surface area contributed by atoms with Crippen LogP contribution in [-0.4, -0.2) is 49.2 Å². The molecule has 0 aliphatic carbocycles. The van der Waals surface area contributed by atoms with Gasteiger partial charge in [-0.15, -0.1) is 0 Å². The van der Waals surface area contributed by atoms with Gasteiger partial charge in [0.1, 0.15) is 23.9 Å². The van der Waals surface area contributed by atoms with Crippen LogP contribution in [0.1, 0.15) is 64.3 Å². The van der Waals surface area contributed by atoms with Gasteiger partial charge in [-0.1, -0.05) is 85.8 Å². The molecule has 2 aromatic heterocycles. The molecule has 10 nitrogen and oxygen atoms in total. The topological polar surface area (TPSA) is 125 Å². The lowest BCUT2D eigenvalue weighted by atomic mass is 10.0. The zero-order valence-electron chi connectivity index (χ0n) is 27.5. The number of rotatable bonds is 11. The van der Waals surface area contributed by atoms with E-state index in [1.807, 2.05) is 77.1 Å². The fourth-order valence-electron chi connectivity index (χ4n) is 5.03. The lowest BCUT2D eigenvalue weighted by Crippen LogP contribution is -2.34. The zero-order chi connectivity index (χ0) is 33.4. The van der Waals surface area contributed by atoms with Crippen LogP contribution in [0.25, 0.3) is 33.6 Å². The first-order chi connectivity index (χ1) is 22.6. The van der Waals surface area contributed by atoms with Crippen molar-refractivity contribution in [3.8, 4) is 33.6 Å². The second-order valence-electron chi connectivity index (χ2n) is 12.4. The highest BCUT2D eigenvalue weighted by Crippen LogP contribution is 2.27. The summed E-state index contributed by atoms with van der Waals surface area (Å²) in [5, 5.41) is 2.81. The molecule has 5 aromatic rings. The number of H-pyrrole nitrogens is 2. The lowest BCUT2D eigenvalue weighted by molar-refractivity contribution is 0.0506. The quantitative estimate of drug-likeness (QED) is 0.134. The van der Waals surface area contributed by atoms with Gasteiger partial charge in [-0.25, -0.2) is 19.6 Å². The Bertz CT molecular complexity index is 1760. The first kappa shape index (κ1) is 33.0. The lowest BCUT2D eigenvalue weighted by Gasteiger charge is -2.21. The maximum atomic E-state index is 12.8. The predicted molar refractivity (Wildman–Crippen MR) is 182 cm³/mol. The summed E-state index contributed by atoms with van der Waals surface area (Å²) < 4.78 is 10.9. The Labute approximate surface area is 275 Å². The second-order valence-corrected chi connectivity index (χ2v) is 12.4. The van der Waals surface area contributed by atoms with Crippen LogP contribution < -0.4 is 5.32 Å². The van der Waals surface area contributed by atoms with Gasteiger partial charge in [-0.3, -0.25) is 0 Å². The van der Waals surface area contributed by atoms with Crippen LogP contribution in [-0.2, 0) is 22.6 Å². The summed E-state index contributed by atoms with van der Waals surface area (Å²) >= 11 is 0. The van der Waals surface area contributed by atoms with Crippen LogP contribution in [0, 0.1) is 0 Å². The van der Waals surface area contributed by atoms with E-state index in [9.17, 15) is 9.59 Å². The van der Waals surface area contributed by atoms with Crippen molar-refractivity contribution in [1.29, 1.82) is 0 Å². The monoisotopic (exact) mass is 634 g/mol. The fourth-order valence-corrected chi connectivity index (χ4v) is 5.03. The molecule has 0 aliphatic rings. The molecule has 2 heterocycles. The number of alkyl carbamates (subject to hydrolysis) is 1. The average Bonchev–Trinajstić information content (AvgIpc) is 3.74. The van der Waals surface area contributed by atoms with Crippen molar-refractivity contribution in [2.24, 2.45) is 0 Å². The number of carbonyl (C=O) groups is 2. The summed E-state index contributed by atoms with van der Waals surface area (Å²) in [6, 6.07) is 25.8. The maximum Gasteiger partial charge on any atom is 0.410 e. The van der Waals surface area contributed by atoms with E-state index < -0.39 is 11.7 Å². The van der Waals surface area contributed by atoms with Crippen LogP contribution in [0.2, 0.25) is 0 Å². The van der Waals surface area contributed by atoms with Gasteiger partial charge in [-0.2, -0.15) is 0 Å². The first-order valence-corrected chi connectivity index (χ1v) is 15.8. The third kappa shape index (κ3) is 9.09. The van der Waals surface area contributed by atoms with E-state index in [0.29, 0.717) is 24.7 Å². The highest BCUT2D eigenvalue weighted by molar-refractivity contribution is 5.72. The Hall–Kier alpha value is -5.38. The number of nitrogens with zero attached hydrogens (tertiary/aromatic N) is 3. The second kappa shape index (κ2) is 14.8. The number of imidazole rings is 2. The molecule has 1 unspecified atom stereocenters. The molecular weight excluding hydrogens is 592 g/mol. The molecule has 47 heavy (non-hydrogen) atoms. The molecule has 0 saturated heterocycles. The number of benzene rings is 3. The van der Waals surface area contributed by atoms with Gasteiger partial charge in [0.25, 0.3) is 0 Å². The van der Waals surface area contributed by atoms with Crippen molar-refractivity contribution >= 4 is 12.2 Å². The molecule has 244 valence electrons. The van der Waals surface area contributed by atoms with E-state index in [2.05, 4.69) is 61.7 Å². The highest BCUT2D eigenvalue weighted by atomic mass is 16.6. The Morgan fingerprint density at radius 1 is 0.830 bits per heavy atom. The molecule has 0 spiro atoms. The van der Waals surface area contributed by atoms with Gasteiger partial charge in [-0.05, 0) is 61.9 Å². The summed E-state index contributed by atoms with van der Waals surface area (Å²) in [7, 11) is 0. The molecule has 0 bridgehead atoms.